The molecule has 1 aromatic heterocycles. The zero-order chi connectivity index (χ0) is 22.6. The third-order valence-electron chi connectivity index (χ3n) is 5.45. The molecule has 1 aliphatic heterocycles. The molecular formula is C18H26F3N3O5S. The quantitative estimate of drug-likeness (QED) is 0.709. The molecule has 1 saturated heterocycles. The summed E-state index contributed by atoms with van der Waals surface area (Å²) in [5.74, 6) is -2.35. The predicted molar refractivity (Wildman–Crippen MR) is 102 cm³/mol. The first-order valence-electron chi connectivity index (χ1n) is 9.33. The van der Waals surface area contributed by atoms with Gasteiger partial charge in [0.25, 0.3) is 10.2 Å². The Labute approximate surface area is 173 Å². The minimum atomic E-state index is -5.08. The van der Waals surface area contributed by atoms with Gasteiger partial charge in [0.2, 0.25) is 0 Å². The molecule has 8 nitrogen and oxygen atoms in total. The zero-order valence-corrected chi connectivity index (χ0v) is 17.6. The number of aromatic nitrogens is 1. The summed E-state index contributed by atoms with van der Waals surface area (Å²) in [4.78, 5) is 12.9. The summed E-state index contributed by atoms with van der Waals surface area (Å²) in [7, 11) is -0.145. The van der Waals surface area contributed by atoms with Crippen molar-refractivity contribution in [1.82, 2.24) is 13.6 Å². The van der Waals surface area contributed by atoms with Crippen molar-refractivity contribution in [3.63, 3.8) is 0 Å². The maximum atomic E-state index is 12.4. The summed E-state index contributed by atoms with van der Waals surface area (Å²) in [6.45, 7) is 2.38. The molecule has 2 aliphatic rings. The van der Waals surface area contributed by atoms with Gasteiger partial charge >= 0.3 is 12.1 Å². The van der Waals surface area contributed by atoms with Crippen LogP contribution in [0, 0.1) is 11.3 Å². The molecule has 2 atom stereocenters. The van der Waals surface area contributed by atoms with E-state index in [0.29, 0.717) is 32.2 Å². The standard InChI is InChI=1S/C16H25N3O3S.C2HF3O2/c1-18(2)23(20,21)19-10-15-4-3-7-16(15,12-19)13-22-11-14-5-8-17-9-6-14;3-2(4,5)1(6)7/h5-6,8-9,15H,3-4,7,10-13H2,1-2H3;(H,6,7)/t15-,16+;/m1./s1. The molecule has 0 amide bonds. The molecule has 1 N–H and O–H groups in total. The number of ether oxygens (including phenoxy) is 1. The second kappa shape index (κ2) is 9.58. The van der Waals surface area contributed by atoms with E-state index in [4.69, 9.17) is 14.6 Å². The molecule has 0 aromatic carbocycles. The van der Waals surface area contributed by atoms with Gasteiger partial charge in [-0.1, -0.05) is 6.42 Å². The molecule has 30 heavy (non-hydrogen) atoms. The smallest absolute Gasteiger partial charge is 0.475 e. The number of hydrogen-bond acceptors (Lipinski definition) is 5. The van der Waals surface area contributed by atoms with Gasteiger partial charge in [-0.3, -0.25) is 4.98 Å². The molecule has 0 bridgehead atoms. The minimum absolute atomic E-state index is 0.0177. The van der Waals surface area contributed by atoms with Crippen molar-refractivity contribution >= 4 is 16.2 Å². The van der Waals surface area contributed by atoms with E-state index in [0.717, 1.165) is 18.4 Å². The first kappa shape index (κ1) is 24.5. The zero-order valence-electron chi connectivity index (χ0n) is 16.8. The molecule has 1 saturated carbocycles. The number of carboxylic acid groups (broad SMARTS) is 1. The lowest BCUT2D eigenvalue weighted by atomic mass is 9.82. The van der Waals surface area contributed by atoms with Crippen molar-refractivity contribution in [2.45, 2.75) is 32.0 Å². The van der Waals surface area contributed by atoms with E-state index in [1.165, 1.54) is 10.7 Å². The molecule has 2 fully saturated rings. The van der Waals surface area contributed by atoms with Gasteiger partial charge in [0, 0.05) is 45.0 Å². The largest absolute Gasteiger partial charge is 0.490 e. The van der Waals surface area contributed by atoms with Crippen LogP contribution < -0.4 is 0 Å². The average Bonchev–Trinajstić information content (AvgIpc) is 3.20. The number of hydrogen-bond donors (Lipinski definition) is 1. The molecule has 12 heteroatoms. The van der Waals surface area contributed by atoms with E-state index in [1.807, 2.05) is 12.1 Å². The lowest BCUT2D eigenvalue weighted by molar-refractivity contribution is -0.192. The van der Waals surface area contributed by atoms with Crippen LogP contribution in [0.1, 0.15) is 24.8 Å². The van der Waals surface area contributed by atoms with E-state index >= 15 is 0 Å². The second-order valence-electron chi connectivity index (χ2n) is 7.69. The van der Waals surface area contributed by atoms with Crippen LogP contribution in [0.15, 0.2) is 24.5 Å². The van der Waals surface area contributed by atoms with Gasteiger partial charge in [-0.05, 0) is 36.5 Å². The molecule has 2 heterocycles. The number of carboxylic acids is 1. The Hall–Kier alpha value is -1.76. The number of rotatable bonds is 6. The fraction of sp³-hybridized carbons (Fsp3) is 0.667. The van der Waals surface area contributed by atoms with Gasteiger partial charge < -0.3 is 9.84 Å². The number of nitrogens with zero attached hydrogens (tertiary/aromatic N) is 3. The monoisotopic (exact) mass is 453 g/mol. The molecule has 0 radical (unpaired) electrons. The molecule has 0 spiro atoms. The lowest BCUT2D eigenvalue weighted by Gasteiger charge is -2.29. The van der Waals surface area contributed by atoms with Crippen molar-refractivity contribution < 1.29 is 36.2 Å². The summed E-state index contributed by atoms with van der Waals surface area (Å²) < 4.78 is 65.5. The fourth-order valence-corrected chi connectivity index (χ4v) is 5.11. The highest BCUT2D eigenvalue weighted by Crippen LogP contribution is 2.49. The Bertz CT molecular complexity index is 820. The van der Waals surface area contributed by atoms with E-state index in [2.05, 4.69) is 4.98 Å². The summed E-state index contributed by atoms with van der Waals surface area (Å²) in [6.07, 6.45) is 1.75. The normalized spacial score (nSPS) is 24.4. The van der Waals surface area contributed by atoms with Crippen LogP contribution in [0.2, 0.25) is 0 Å². The van der Waals surface area contributed by atoms with Crippen LogP contribution >= 0.6 is 0 Å². The van der Waals surface area contributed by atoms with Crippen molar-refractivity contribution in [2.24, 2.45) is 11.3 Å². The van der Waals surface area contributed by atoms with E-state index in [-0.39, 0.29) is 5.41 Å². The van der Waals surface area contributed by atoms with Crippen molar-refractivity contribution in [1.29, 1.82) is 0 Å². The molecule has 1 aromatic rings. The molecule has 3 rings (SSSR count). The van der Waals surface area contributed by atoms with Crippen LogP contribution in [0.4, 0.5) is 13.2 Å². The number of fused-ring (bicyclic) bond motifs is 1. The lowest BCUT2D eigenvalue weighted by Crippen LogP contribution is -2.40. The van der Waals surface area contributed by atoms with Gasteiger partial charge in [-0.15, -0.1) is 0 Å². The predicted octanol–water partition coefficient (Wildman–Crippen LogP) is 2.14. The number of pyridine rings is 1. The van der Waals surface area contributed by atoms with Gasteiger partial charge in [0.1, 0.15) is 0 Å². The Morgan fingerprint density at radius 3 is 2.50 bits per heavy atom. The van der Waals surface area contributed by atoms with Crippen LogP contribution in [0.25, 0.3) is 0 Å². The highest BCUT2D eigenvalue weighted by atomic mass is 32.2. The highest BCUT2D eigenvalue weighted by molar-refractivity contribution is 7.86. The Kier molecular flexibility index (Phi) is 7.83. The fourth-order valence-electron chi connectivity index (χ4n) is 3.86. The number of alkyl halides is 3. The van der Waals surface area contributed by atoms with Crippen molar-refractivity contribution in [2.75, 3.05) is 33.8 Å². The second-order valence-corrected chi connectivity index (χ2v) is 9.83. The average molecular weight is 453 g/mol. The maximum Gasteiger partial charge on any atom is 0.490 e. The SMILES string of the molecule is CN(C)S(=O)(=O)N1C[C@H]2CCC[C@@]2(COCc2ccncc2)C1.O=C(O)C(F)(F)F. The van der Waals surface area contributed by atoms with Gasteiger partial charge in [-0.2, -0.15) is 30.2 Å². The van der Waals surface area contributed by atoms with Crippen LogP contribution in [0.5, 0.6) is 0 Å². The topological polar surface area (TPSA) is 100 Å². The summed E-state index contributed by atoms with van der Waals surface area (Å²) in [6, 6.07) is 3.89. The van der Waals surface area contributed by atoms with Crippen LogP contribution in [-0.4, -0.2) is 73.1 Å². The summed E-state index contributed by atoms with van der Waals surface area (Å²) >= 11 is 0. The maximum absolute atomic E-state index is 12.4. The van der Waals surface area contributed by atoms with Gasteiger partial charge in [0.05, 0.1) is 13.2 Å². The van der Waals surface area contributed by atoms with Crippen LogP contribution in [-0.2, 0) is 26.3 Å². The van der Waals surface area contributed by atoms with E-state index < -0.39 is 22.4 Å². The van der Waals surface area contributed by atoms with E-state index in [9.17, 15) is 21.6 Å². The van der Waals surface area contributed by atoms with Gasteiger partial charge in [0.15, 0.2) is 0 Å². The molecular weight excluding hydrogens is 427 g/mol. The Balaban J connectivity index is 0.000000396. The number of halogens is 3. The first-order chi connectivity index (χ1) is 13.9. The third kappa shape index (κ3) is 5.90. The number of aliphatic carboxylic acids is 1. The molecule has 170 valence electrons. The molecule has 0 unspecified atom stereocenters. The highest BCUT2D eigenvalue weighted by Gasteiger charge is 2.52. The Morgan fingerprint density at radius 1 is 1.37 bits per heavy atom. The summed E-state index contributed by atoms with van der Waals surface area (Å²) in [5.41, 5.74) is 1.08. The van der Waals surface area contributed by atoms with Crippen molar-refractivity contribution in [3.05, 3.63) is 30.1 Å². The van der Waals surface area contributed by atoms with E-state index in [1.54, 1.807) is 30.8 Å². The minimum Gasteiger partial charge on any atom is -0.475 e. The van der Waals surface area contributed by atoms with Crippen LogP contribution in [0.3, 0.4) is 0 Å². The summed E-state index contributed by atoms with van der Waals surface area (Å²) in [5, 5.41) is 7.12. The number of carbonyl (C=O) groups is 1. The molecule has 1 aliphatic carbocycles. The van der Waals surface area contributed by atoms with Crippen molar-refractivity contribution in [3.8, 4) is 0 Å². The first-order valence-corrected chi connectivity index (χ1v) is 10.7. The van der Waals surface area contributed by atoms with Gasteiger partial charge in [-0.25, -0.2) is 4.79 Å². The Morgan fingerprint density at radius 2 is 1.97 bits per heavy atom. The third-order valence-corrected chi connectivity index (χ3v) is 7.30.